The Morgan fingerprint density at radius 3 is 3.00 bits per heavy atom. The Balaban J connectivity index is 2.16. The topological polar surface area (TPSA) is 48.1 Å². The van der Waals surface area contributed by atoms with E-state index in [4.69, 9.17) is 10.5 Å². The van der Waals surface area contributed by atoms with E-state index in [1.165, 1.54) is 5.56 Å². The number of aromatic nitrogens is 1. The van der Waals surface area contributed by atoms with E-state index in [9.17, 15) is 0 Å². The second kappa shape index (κ2) is 7.37. The highest BCUT2D eigenvalue weighted by Crippen LogP contribution is 2.02. The van der Waals surface area contributed by atoms with Gasteiger partial charge in [-0.2, -0.15) is 0 Å². The Kier molecular flexibility index (Phi) is 5.97. The maximum atomic E-state index is 5.98. The van der Waals surface area contributed by atoms with Crippen LogP contribution in [0.3, 0.4) is 0 Å². The Bertz CT molecular complexity index is 251. The number of ether oxygens (including phenoxy) is 1. The molecule has 15 heavy (non-hydrogen) atoms. The molecule has 0 aliphatic heterocycles. The van der Waals surface area contributed by atoms with E-state index in [1.54, 1.807) is 6.20 Å². The van der Waals surface area contributed by atoms with Crippen molar-refractivity contribution in [1.29, 1.82) is 0 Å². The smallest absolute Gasteiger partial charge is 0.0480 e. The number of nitrogens with two attached hydrogens (primary N) is 1. The lowest BCUT2D eigenvalue weighted by atomic mass is 10.1. The summed E-state index contributed by atoms with van der Waals surface area (Å²) in [4.78, 5) is 4.06. The van der Waals surface area contributed by atoms with Gasteiger partial charge in [0.2, 0.25) is 0 Å². The lowest BCUT2D eigenvalue weighted by Gasteiger charge is -2.11. The fourth-order valence-corrected chi connectivity index (χ4v) is 1.40. The van der Waals surface area contributed by atoms with Crippen molar-refractivity contribution in [3.8, 4) is 0 Å². The molecule has 2 N–H and O–H groups in total. The van der Waals surface area contributed by atoms with Crippen molar-refractivity contribution >= 4 is 0 Å². The average Bonchev–Trinajstić information content (AvgIpc) is 2.26. The van der Waals surface area contributed by atoms with Crippen LogP contribution in [0.25, 0.3) is 0 Å². The molecule has 0 spiro atoms. The van der Waals surface area contributed by atoms with Crippen LogP contribution in [-0.4, -0.2) is 24.2 Å². The molecule has 1 unspecified atom stereocenters. The van der Waals surface area contributed by atoms with E-state index in [-0.39, 0.29) is 6.04 Å². The fraction of sp³-hybridized carbons (Fsp3) is 0.583. The minimum Gasteiger partial charge on any atom is -0.381 e. The van der Waals surface area contributed by atoms with Crippen LogP contribution >= 0.6 is 0 Å². The van der Waals surface area contributed by atoms with E-state index < -0.39 is 0 Å². The summed E-state index contributed by atoms with van der Waals surface area (Å²) in [6.45, 7) is 3.70. The van der Waals surface area contributed by atoms with Crippen molar-refractivity contribution in [2.75, 3.05) is 13.2 Å². The molecule has 0 aliphatic carbocycles. The van der Waals surface area contributed by atoms with E-state index in [1.807, 2.05) is 12.3 Å². The van der Waals surface area contributed by atoms with E-state index in [2.05, 4.69) is 18.0 Å². The molecule has 0 saturated heterocycles. The standard InChI is InChI=1S/C12H20N2O/c1-2-7-15-8-5-12(13)9-11-4-3-6-14-10-11/h3-4,6,10,12H,2,5,7-9,13H2,1H3. The lowest BCUT2D eigenvalue weighted by molar-refractivity contribution is 0.127. The van der Waals surface area contributed by atoms with Gasteiger partial charge in [0.15, 0.2) is 0 Å². The SMILES string of the molecule is CCCOCCC(N)Cc1cccnc1. The molecule has 0 saturated carbocycles. The number of hydrogen-bond acceptors (Lipinski definition) is 3. The van der Waals surface area contributed by atoms with Gasteiger partial charge >= 0.3 is 0 Å². The van der Waals surface area contributed by atoms with Crippen LogP contribution in [0.1, 0.15) is 25.3 Å². The predicted molar refractivity (Wildman–Crippen MR) is 61.6 cm³/mol. The van der Waals surface area contributed by atoms with Gasteiger partial charge in [0.1, 0.15) is 0 Å². The molecule has 1 aromatic rings. The average molecular weight is 208 g/mol. The fourth-order valence-electron chi connectivity index (χ4n) is 1.40. The first-order valence-corrected chi connectivity index (χ1v) is 5.55. The Morgan fingerprint density at radius 2 is 2.33 bits per heavy atom. The Hall–Kier alpha value is -0.930. The molecule has 0 amide bonds. The summed E-state index contributed by atoms with van der Waals surface area (Å²) >= 11 is 0. The normalized spacial score (nSPS) is 12.7. The third-order valence-electron chi connectivity index (χ3n) is 2.20. The molecular weight excluding hydrogens is 188 g/mol. The van der Waals surface area contributed by atoms with Gasteiger partial charge in [-0.1, -0.05) is 13.0 Å². The minimum absolute atomic E-state index is 0.172. The third kappa shape index (κ3) is 5.50. The molecule has 0 fully saturated rings. The van der Waals surface area contributed by atoms with Gasteiger partial charge in [-0.15, -0.1) is 0 Å². The Labute approximate surface area is 91.7 Å². The maximum Gasteiger partial charge on any atom is 0.0480 e. The van der Waals surface area contributed by atoms with E-state index in [0.29, 0.717) is 0 Å². The van der Waals surface area contributed by atoms with Crippen LogP contribution in [0.4, 0.5) is 0 Å². The van der Waals surface area contributed by atoms with Crippen molar-refractivity contribution in [2.45, 2.75) is 32.2 Å². The first kappa shape index (κ1) is 12.1. The molecule has 0 aromatic carbocycles. The number of pyridine rings is 1. The largest absolute Gasteiger partial charge is 0.381 e. The quantitative estimate of drug-likeness (QED) is 0.695. The molecule has 1 rings (SSSR count). The lowest BCUT2D eigenvalue weighted by Crippen LogP contribution is -2.24. The second-order valence-electron chi connectivity index (χ2n) is 3.73. The van der Waals surface area contributed by atoms with Gasteiger partial charge in [0.05, 0.1) is 0 Å². The zero-order valence-electron chi connectivity index (χ0n) is 9.36. The second-order valence-corrected chi connectivity index (χ2v) is 3.73. The summed E-state index contributed by atoms with van der Waals surface area (Å²) < 4.78 is 5.40. The molecule has 3 heteroatoms. The van der Waals surface area contributed by atoms with Crippen LogP contribution in [0, 0.1) is 0 Å². The van der Waals surface area contributed by atoms with Gasteiger partial charge in [-0.05, 0) is 30.9 Å². The number of hydrogen-bond donors (Lipinski definition) is 1. The van der Waals surface area contributed by atoms with Crippen molar-refractivity contribution in [3.63, 3.8) is 0 Å². The molecule has 0 aliphatic rings. The number of nitrogens with zero attached hydrogens (tertiary/aromatic N) is 1. The van der Waals surface area contributed by atoms with Crippen molar-refractivity contribution < 1.29 is 4.74 Å². The molecule has 1 aromatic heterocycles. The van der Waals surface area contributed by atoms with Gasteiger partial charge in [0.25, 0.3) is 0 Å². The van der Waals surface area contributed by atoms with Gasteiger partial charge in [0, 0.05) is 31.6 Å². The van der Waals surface area contributed by atoms with Crippen molar-refractivity contribution in [3.05, 3.63) is 30.1 Å². The highest BCUT2D eigenvalue weighted by Gasteiger charge is 2.03. The predicted octanol–water partition coefficient (Wildman–Crippen LogP) is 1.77. The molecular formula is C12H20N2O. The zero-order chi connectivity index (χ0) is 10.9. The van der Waals surface area contributed by atoms with Crippen LogP contribution < -0.4 is 5.73 Å². The molecule has 0 radical (unpaired) electrons. The van der Waals surface area contributed by atoms with Crippen LogP contribution in [0.2, 0.25) is 0 Å². The highest BCUT2D eigenvalue weighted by molar-refractivity contribution is 5.09. The summed E-state index contributed by atoms with van der Waals surface area (Å²) in [5, 5.41) is 0. The summed E-state index contributed by atoms with van der Waals surface area (Å²) in [5.74, 6) is 0. The zero-order valence-corrected chi connectivity index (χ0v) is 9.36. The maximum absolute atomic E-state index is 5.98. The minimum atomic E-state index is 0.172. The molecule has 3 nitrogen and oxygen atoms in total. The van der Waals surface area contributed by atoms with Crippen LogP contribution in [-0.2, 0) is 11.2 Å². The first-order valence-electron chi connectivity index (χ1n) is 5.55. The summed E-state index contributed by atoms with van der Waals surface area (Å²) in [6.07, 6.45) is 6.50. The van der Waals surface area contributed by atoms with Crippen LogP contribution in [0.15, 0.2) is 24.5 Å². The molecule has 0 bridgehead atoms. The van der Waals surface area contributed by atoms with Gasteiger partial charge in [-0.25, -0.2) is 0 Å². The Morgan fingerprint density at radius 1 is 1.47 bits per heavy atom. The van der Waals surface area contributed by atoms with Gasteiger partial charge < -0.3 is 10.5 Å². The highest BCUT2D eigenvalue weighted by atomic mass is 16.5. The van der Waals surface area contributed by atoms with E-state index >= 15 is 0 Å². The van der Waals surface area contributed by atoms with Crippen molar-refractivity contribution in [2.24, 2.45) is 5.73 Å². The molecule has 1 heterocycles. The molecule has 84 valence electrons. The first-order chi connectivity index (χ1) is 7.33. The summed E-state index contributed by atoms with van der Waals surface area (Å²) in [6, 6.07) is 4.17. The van der Waals surface area contributed by atoms with Crippen molar-refractivity contribution in [1.82, 2.24) is 4.98 Å². The summed E-state index contributed by atoms with van der Waals surface area (Å²) in [7, 11) is 0. The monoisotopic (exact) mass is 208 g/mol. The number of rotatable bonds is 7. The molecule has 1 atom stereocenters. The van der Waals surface area contributed by atoms with Gasteiger partial charge in [-0.3, -0.25) is 4.98 Å². The summed E-state index contributed by atoms with van der Waals surface area (Å²) in [5.41, 5.74) is 7.18. The van der Waals surface area contributed by atoms with Crippen LogP contribution in [0.5, 0.6) is 0 Å². The third-order valence-corrected chi connectivity index (χ3v) is 2.20. The van der Waals surface area contributed by atoms with E-state index in [0.717, 1.165) is 32.5 Å².